The second-order valence-electron chi connectivity index (χ2n) is 5.40. The maximum absolute atomic E-state index is 13.0. The Morgan fingerprint density at radius 3 is 2.40 bits per heavy atom. The summed E-state index contributed by atoms with van der Waals surface area (Å²) in [7, 11) is 0. The van der Waals surface area contributed by atoms with E-state index in [0.717, 1.165) is 4.90 Å². The standard InChI is InChI=1S/C14H12F3N3O3.2ClH/c15-14(16,17)9-6-20(5-8(9)13(22)23)12(21)10-7-19-4-2-1-3-11(19)18-10;;/h1-4,7-9H,5-6H2,(H,22,23);2*1H/t8-,9-;;/m1../s1. The molecule has 0 spiro atoms. The highest BCUT2D eigenvalue weighted by Crippen LogP contribution is 2.38. The number of imidazole rings is 1. The fourth-order valence-electron chi connectivity index (χ4n) is 2.75. The van der Waals surface area contributed by atoms with E-state index in [1.54, 1.807) is 28.8 Å². The Labute approximate surface area is 152 Å². The Balaban J connectivity index is 0.00000156. The Morgan fingerprint density at radius 1 is 1.20 bits per heavy atom. The van der Waals surface area contributed by atoms with Gasteiger partial charge in [-0.2, -0.15) is 13.2 Å². The van der Waals surface area contributed by atoms with Crippen molar-refractivity contribution in [1.29, 1.82) is 0 Å². The lowest BCUT2D eigenvalue weighted by molar-refractivity contribution is -0.187. The maximum Gasteiger partial charge on any atom is 0.394 e. The van der Waals surface area contributed by atoms with Crippen molar-refractivity contribution < 1.29 is 27.9 Å². The smallest absolute Gasteiger partial charge is 0.394 e. The summed E-state index contributed by atoms with van der Waals surface area (Å²) >= 11 is 0. The van der Waals surface area contributed by atoms with Crippen LogP contribution in [0, 0.1) is 11.8 Å². The average Bonchev–Trinajstić information content (AvgIpc) is 3.10. The minimum absolute atomic E-state index is 0. The predicted molar refractivity (Wildman–Crippen MR) is 86.3 cm³/mol. The molecule has 6 nitrogen and oxygen atoms in total. The first kappa shape index (κ1) is 21.0. The highest BCUT2D eigenvalue weighted by atomic mass is 35.5. The zero-order chi connectivity index (χ0) is 16.8. The summed E-state index contributed by atoms with van der Waals surface area (Å²) in [6.07, 6.45) is -1.60. The first-order valence-corrected chi connectivity index (χ1v) is 6.80. The lowest BCUT2D eigenvalue weighted by Crippen LogP contribution is -2.34. The monoisotopic (exact) mass is 399 g/mol. The molecule has 25 heavy (non-hydrogen) atoms. The second kappa shape index (κ2) is 7.49. The van der Waals surface area contributed by atoms with Crippen molar-refractivity contribution in [2.75, 3.05) is 13.1 Å². The molecule has 1 aliphatic heterocycles. The van der Waals surface area contributed by atoms with Crippen LogP contribution in [-0.4, -0.2) is 50.5 Å². The van der Waals surface area contributed by atoms with Crippen LogP contribution in [-0.2, 0) is 4.79 Å². The SMILES string of the molecule is Cl.Cl.O=C(O)[C@@H]1CN(C(=O)c2cn3ccccc3n2)C[C@H]1C(F)(F)F. The number of halogens is 5. The molecule has 138 valence electrons. The number of carboxylic acids is 1. The van der Waals surface area contributed by atoms with Gasteiger partial charge in [0.1, 0.15) is 11.3 Å². The third kappa shape index (κ3) is 3.98. The number of amides is 1. The molecular weight excluding hydrogens is 386 g/mol. The van der Waals surface area contributed by atoms with E-state index in [9.17, 15) is 22.8 Å². The number of carbonyl (C=O) groups excluding carboxylic acids is 1. The molecule has 1 fully saturated rings. The molecule has 0 aliphatic carbocycles. The Hall–Kier alpha value is -2.00. The molecule has 2 aromatic rings. The van der Waals surface area contributed by atoms with Crippen LogP contribution in [0.15, 0.2) is 30.6 Å². The van der Waals surface area contributed by atoms with E-state index in [2.05, 4.69) is 4.98 Å². The zero-order valence-corrected chi connectivity index (χ0v) is 14.1. The average molecular weight is 400 g/mol. The summed E-state index contributed by atoms with van der Waals surface area (Å²) in [5.41, 5.74) is 0.473. The molecule has 0 radical (unpaired) electrons. The molecule has 0 bridgehead atoms. The molecule has 1 amide bonds. The molecule has 3 heterocycles. The predicted octanol–water partition coefficient (Wildman–Crippen LogP) is 2.51. The maximum atomic E-state index is 13.0. The topological polar surface area (TPSA) is 74.9 Å². The molecule has 11 heteroatoms. The molecule has 2 atom stereocenters. The van der Waals surface area contributed by atoms with Crippen molar-refractivity contribution in [3.63, 3.8) is 0 Å². The summed E-state index contributed by atoms with van der Waals surface area (Å²) in [5.74, 6) is -5.98. The zero-order valence-electron chi connectivity index (χ0n) is 12.5. The van der Waals surface area contributed by atoms with Crippen molar-refractivity contribution in [2.24, 2.45) is 11.8 Å². The number of rotatable bonds is 2. The summed E-state index contributed by atoms with van der Waals surface area (Å²) in [6.45, 7) is -1.15. The number of hydrogen-bond donors (Lipinski definition) is 1. The van der Waals surface area contributed by atoms with Gasteiger partial charge in [-0.05, 0) is 12.1 Å². The van der Waals surface area contributed by atoms with E-state index in [1.807, 2.05) is 0 Å². The molecule has 3 rings (SSSR count). The van der Waals surface area contributed by atoms with Crippen LogP contribution in [0.25, 0.3) is 5.65 Å². The molecule has 1 aliphatic rings. The van der Waals surface area contributed by atoms with Crippen LogP contribution >= 0.6 is 24.8 Å². The summed E-state index contributed by atoms with van der Waals surface area (Å²) < 4.78 is 40.4. The number of carboxylic acid groups (broad SMARTS) is 1. The number of hydrogen-bond acceptors (Lipinski definition) is 3. The molecule has 0 saturated carbocycles. The summed E-state index contributed by atoms with van der Waals surface area (Å²) in [6, 6.07) is 5.09. The number of pyridine rings is 1. The van der Waals surface area contributed by atoms with E-state index in [4.69, 9.17) is 5.11 Å². The fourth-order valence-corrected chi connectivity index (χ4v) is 2.75. The van der Waals surface area contributed by atoms with Gasteiger partial charge < -0.3 is 14.4 Å². The Kier molecular flexibility index (Phi) is 6.30. The normalized spacial score (nSPS) is 20.0. The van der Waals surface area contributed by atoms with Gasteiger partial charge >= 0.3 is 12.1 Å². The van der Waals surface area contributed by atoms with Gasteiger partial charge in [0.15, 0.2) is 0 Å². The van der Waals surface area contributed by atoms with Crippen molar-refractivity contribution in [3.8, 4) is 0 Å². The van der Waals surface area contributed by atoms with Gasteiger partial charge in [0.05, 0.1) is 11.8 Å². The first-order chi connectivity index (χ1) is 10.8. The number of alkyl halides is 3. The second-order valence-corrected chi connectivity index (χ2v) is 5.40. The Morgan fingerprint density at radius 2 is 1.88 bits per heavy atom. The van der Waals surface area contributed by atoms with Crippen molar-refractivity contribution in [3.05, 3.63) is 36.3 Å². The van der Waals surface area contributed by atoms with Gasteiger partial charge in [-0.25, -0.2) is 4.98 Å². The molecule has 0 aromatic carbocycles. The van der Waals surface area contributed by atoms with Crippen LogP contribution in [0.5, 0.6) is 0 Å². The van der Waals surface area contributed by atoms with Gasteiger partial charge in [-0.3, -0.25) is 9.59 Å². The van der Waals surface area contributed by atoms with E-state index < -0.39 is 43.0 Å². The van der Waals surface area contributed by atoms with Crippen LogP contribution in [0.2, 0.25) is 0 Å². The van der Waals surface area contributed by atoms with Crippen molar-refractivity contribution >= 4 is 42.3 Å². The molecule has 1 N–H and O–H groups in total. The van der Waals surface area contributed by atoms with Gasteiger partial charge in [-0.15, -0.1) is 24.8 Å². The van der Waals surface area contributed by atoms with Gasteiger partial charge in [0.25, 0.3) is 5.91 Å². The van der Waals surface area contributed by atoms with Gasteiger partial charge in [0.2, 0.25) is 0 Å². The molecule has 1 saturated heterocycles. The number of likely N-dealkylation sites (tertiary alicyclic amines) is 1. The third-order valence-corrected chi connectivity index (χ3v) is 3.93. The molecular formula is C14H14Cl2F3N3O3. The quantitative estimate of drug-likeness (QED) is 0.841. The number of aromatic nitrogens is 2. The summed E-state index contributed by atoms with van der Waals surface area (Å²) in [4.78, 5) is 28.4. The summed E-state index contributed by atoms with van der Waals surface area (Å²) in [5, 5.41) is 8.97. The third-order valence-electron chi connectivity index (χ3n) is 3.93. The fraction of sp³-hybridized carbons (Fsp3) is 0.357. The lowest BCUT2D eigenvalue weighted by Gasteiger charge is -2.17. The molecule has 2 aromatic heterocycles. The van der Waals surface area contributed by atoms with Crippen molar-refractivity contribution in [1.82, 2.24) is 14.3 Å². The van der Waals surface area contributed by atoms with E-state index in [1.165, 1.54) is 6.20 Å². The van der Waals surface area contributed by atoms with E-state index >= 15 is 0 Å². The lowest BCUT2D eigenvalue weighted by atomic mass is 9.96. The minimum Gasteiger partial charge on any atom is -0.481 e. The number of fused-ring (bicyclic) bond motifs is 1. The largest absolute Gasteiger partial charge is 0.481 e. The van der Waals surface area contributed by atoms with E-state index in [-0.39, 0.29) is 30.5 Å². The van der Waals surface area contributed by atoms with Crippen LogP contribution in [0.3, 0.4) is 0 Å². The van der Waals surface area contributed by atoms with Crippen molar-refractivity contribution in [2.45, 2.75) is 6.18 Å². The molecule has 0 unspecified atom stereocenters. The number of carbonyl (C=O) groups is 2. The highest BCUT2D eigenvalue weighted by molar-refractivity contribution is 5.93. The van der Waals surface area contributed by atoms with Crippen LogP contribution in [0.1, 0.15) is 10.5 Å². The van der Waals surface area contributed by atoms with E-state index in [0.29, 0.717) is 5.65 Å². The van der Waals surface area contributed by atoms with Gasteiger partial charge in [-0.1, -0.05) is 6.07 Å². The Bertz CT molecular complexity index is 748. The number of nitrogens with zero attached hydrogens (tertiary/aromatic N) is 3. The van der Waals surface area contributed by atoms with Crippen LogP contribution < -0.4 is 0 Å². The van der Waals surface area contributed by atoms with Crippen LogP contribution in [0.4, 0.5) is 13.2 Å². The number of aliphatic carboxylic acids is 1. The van der Waals surface area contributed by atoms with Gasteiger partial charge in [0, 0.05) is 25.5 Å². The highest BCUT2D eigenvalue weighted by Gasteiger charge is 2.53. The first-order valence-electron chi connectivity index (χ1n) is 6.80. The minimum atomic E-state index is -4.67.